The van der Waals surface area contributed by atoms with Gasteiger partial charge in [0.15, 0.2) is 0 Å². The van der Waals surface area contributed by atoms with E-state index in [0.29, 0.717) is 0 Å². The highest BCUT2D eigenvalue weighted by molar-refractivity contribution is 9.10. The molecule has 30 heavy (non-hydrogen) atoms. The summed E-state index contributed by atoms with van der Waals surface area (Å²) in [5.41, 5.74) is 4.19. The lowest BCUT2D eigenvalue weighted by atomic mass is 10.2. The van der Waals surface area contributed by atoms with E-state index in [1.165, 1.54) is 6.07 Å². The van der Waals surface area contributed by atoms with Crippen molar-refractivity contribution in [2.75, 3.05) is 0 Å². The Labute approximate surface area is 181 Å². The summed E-state index contributed by atoms with van der Waals surface area (Å²) in [4.78, 5) is 26.2. The first-order chi connectivity index (χ1) is 14.4. The van der Waals surface area contributed by atoms with Gasteiger partial charge >= 0.3 is 6.03 Å². The van der Waals surface area contributed by atoms with Crippen LogP contribution in [0.1, 0.15) is 22.5 Å². The standard InChI is InChI=1S/C23H19BrFN3O2/c1-14-11-17(15(2)28(14)21-10-6-4-8-18(21)24)12-20-22(29)27(23(30)26-20)13-16-7-3-5-9-19(16)25/h3-12H,13H2,1-2H3,(H,26,30)/b20-12+. The Hall–Kier alpha value is -3.19. The minimum absolute atomic E-state index is 0.120. The molecule has 2 aromatic carbocycles. The summed E-state index contributed by atoms with van der Waals surface area (Å²) in [7, 11) is 0. The van der Waals surface area contributed by atoms with Gasteiger partial charge in [0.2, 0.25) is 0 Å². The summed E-state index contributed by atoms with van der Waals surface area (Å²) >= 11 is 3.58. The number of nitrogens with one attached hydrogen (secondary N) is 1. The lowest BCUT2D eigenvalue weighted by Crippen LogP contribution is -2.30. The van der Waals surface area contributed by atoms with E-state index in [4.69, 9.17) is 0 Å². The molecule has 0 aliphatic carbocycles. The highest BCUT2D eigenvalue weighted by Crippen LogP contribution is 2.28. The number of urea groups is 1. The number of carbonyl (C=O) groups excluding carboxylic acids is 2. The van der Waals surface area contributed by atoms with Gasteiger partial charge in [0.1, 0.15) is 11.5 Å². The fraction of sp³-hybridized carbons (Fsp3) is 0.130. The number of imide groups is 1. The molecule has 1 N–H and O–H groups in total. The normalized spacial score (nSPS) is 15.2. The van der Waals surface area contributed by atoms with Crippen LogP contribution in [0, 0.1) is 19.7 Å². The van der Waals surface area contributed by atoms with Crippen molar-refractivity contribution >= 4 is 33.9 Å². The Kier molecular flexibility index (Phi) is 5.30. The SMILES string of the molecule is Cc1cc(/C=C2/NC(=O)N(Cc3ccccc3F)C2=O)c(C)n1-c1ccccc1Br. The summed E-state index contributed by atoms with van der Waals surface area (Å²) in [6.45, 7) is 3.82. The second-order valence-corrected chi connectivity index (χ2v) is 7.94. The first-order valence-corrected chi connectivity index (χ1v) is 10.2. The second kappa shape index (κ2) is 7.91. The minimum Gasteiger partial charge on any atom is -0.317 e. The van der Waals surface area contributed by atoms with Gasteiger partial charge in [0, 0.05) is 21.4 Å². The molecule has 1 aromatic heterocycles. The van der Waals surface area contributed by atoms with Crippen LogP contribution in [0.3, 0.4) is 0 Å². The van der Waals surface area contributed by atoms with Crippen LogP contribution in [0.4, 0.5) is 9.18 Å². The van der Waals surface area contributed by atoms with Crippen molar-refractivity contribution in [2.45, 2.75) is 20.4 Å². The summed E-state index contributed by atoms with van der Waals surface area (Å²) in [6.07, 6.45) is 1.66. The molecule has 1 saturated heterocycles. The number of benzene rings is 2. The predicted octanol–water partition coefficient (Wildman–Crippen LogP) is 5.09. The maximum absolute atomic E-state index is 13.9. The molecule has 1 aliphatic rings. The molecular weight excluding hydrogens is 449 g/mol. The second-order valence-electron chi connectivity index (χ2n) is 7.08. The Morgan fingerprint density at radius 3 is 2.50 bits per heavy atom. The lowest BCUT2D eigenvalue weighted by Gasteiger charge is -2.12. The monoisotopic (exact) mass is 467 g/mol. The van der Waals surface area contributed by atoms with Gasteiger partial charge in [-0.25, -0.2) is 9.18 Å². The Morgan fingerprint density at radius 1 is 1.07 bits per heavy atom. The van der Waals surface area contributed by atoms with Gasteiger partial charge in [0.25, 0.3) is 5.91 Å². The first kappa shape index (κ1) is 20.1. The molecule has 0 saturated carbocycles. The number of aryl methyl sites for hydroxylation is 1. The molecule has 4 rings (SSSR count). The van der Waals surface area contributed by atoms with Crippen LogP contribution in [-0.4, -0.2) is 21.4 Å². The van der Waals surface area contributed by atoms with Crippen LogP contribution in [-0.2, 0) is 11.3 Å². The van der Waals surface area contributed by atoms with Crippen LogP contribution in [0.5, 0.6) is 0 Å². The Morgan fingerprint density at radius 2 is 1.77 bits per heavy atom. The number of hydrogen-bond donors (Lipinski definition) is 1. The van der Waals surface area contributed by atoms with E-state index in [0.717, 1.165) is 32.0 Å². The van der Waals surface area contributed by atoms with Crippen molar-refractivity contribution in [3.05, 3.63) is 93.1 Å². The third-order valence-electron chi connectivity index (χ3n) is 5.11. The highest BCUT2D eigenvalue weighted by atomic mass is 79.9. The summed E-state index contributed by atoms with van der Waals surface area (Å²) in [6, 6.07) is 15.4. The molecule has 152 valence electrons. The first-order valence-electron chi connectivity index (χ1n) is 9.38. The maximum Gasteiger partial charge on any atom is 0.329 e. The highest BCUT2D eigenvalue weighted by Gasteiger charge is 2.34. The van der Waals surface area contributed by atoms with E-state index in [1.807, 2.05) is 44.2 Å². The largest absolute Gasteiger partial charge is 0.329 e. The van der Waals surface area contributed by atoms with Crippen LogP contribution in [0.2, 0.25) is 0 Å². The fourth-order valence-corrected chi connectivity index (χ4v) is 4.07. The van der Waals surface area contributed by atoms with Crippen molar-refractivity contribution in [1.29, 1.82) is 0 Å². The number of carbonyl (C=O) groups is 2. The van der Waals surface area contributed by atoms with Crippen LogP contribution in [0.25, 0.3) is 11.8 Å². The molecule has 0 unspecified atom stereocenters. The van der Waals surface area contributed by atoms with Crippen molar-refractivity contribution in [2.24, 2.45) is 0 Å². The van der Waals surface area contributed by atoms with Crippen LogP contribution >= 0.6 is 15.9 Å². The fourth-order valence-electron chi connectivity index (χ4n) is 3.61. The third-order valence-corrected chi connectivity index (χ3v) is 5.78. The van der Waals surface area contributed by atoms with Crippen molar-refractivity contribution in [3.63, 3.8) is 0 Å². The molecule has 3 amide bonds. The smallest absolute Gasteiger partial charge is 0.317 e. The van der Waals surface area contributed by atoms with Gasteiger partial charge < -0.3 is 9.88 Å². The molecule has 1 aliphatic heterocycles. The average Bonchev–Trinajstić information content (AvgIpc) is 3.14. The zero-order chi connectivity index (χ0) is 21.4. The van der Waals surface area contributed by atoms with Crippen molar-refractivity contribution in [1.82, 2.24) is 14.8 Å². The topological polar surface area (TPSA) is 54.3 Å². The van der Waals surface area contributed by atoms with Gasteiger partial charge in [0.05, 0.1) is 12.2 Å². The zero-order valence-corrected chi connectivity index (χ0v) is 18.0. The number of para-hydroxylation sites is 1. The average molecular weight is 468 g/mol. The van der Waals surface area contributed by atoms with Crippen LogP contribution in [0.15, 0.2) is 64.8 Å². The van der Waals surface area contributed by atoms with Crippen molar-refractivity contribution in [3.8, 4) is 5.69 Å². The molecule has 7 heteroatoms. The van der Waals surface area contributed by atoms with Gasteiger partial charge in [-0.1, -0.05) is 30.3 Å². The predicted molar refractivity (Wildman–Crippen MR) is 116 cm³/mol. The van der Waals surface area contributed by atoms with E-state index in [-0.39, 0.29) is 17.8 Å². The quantitative estimate of drug-likeness (QED) is 0.429. The molecule has 0 bridgehead atoms. The molecule has 3 aromatic rings. The number of hydrogen-bond acceptors (Lipinski definition) is 2. The molecule has 0 spiro atoms. The zero-order valence-electron chi connectivity index (χ0n) is 16.4. The van der Waals surface area contributed by atoms with Crippen molar-refractivity contribution < 1.29 is 14.0 Å². The van der Waals surface area contributed by atoms with Crippen LogP contribution < -0.4 is 5.32 Å². The van der Waals surface area contributed by atoms with Gasteiger partial charge in [-0.15, -0.1) is 0 Å². The third kappa shape index (κ3) is 3.57. The molecule has 2 heterocycles. The molecule has 5 nitrogen and oxygen atoms in total. The minimum atomic E-state index is -0.561. The van der Waals surface area contributed by atoms with E-state index in [9.17, 15) is 14.0 Å². The molecular formula is C23H19BrFN3O2. The maximum atomic E-state index is 13.9. The number of halogens is 2. The number of amides is 3. The Bertz CT molecular complexity index is 1200. The summed E-state index contributed by atoms with van der Waals surface area (Å²) in [5.74, 6) is -0.929. The van der Waals surface area contributed by atoms with E-state index < -0.39 is 17.8 Å². The molecule has 0 atom stereocenters. The lowest BCUT2D eigenvalue weighted by molar-refractivity contribution is -0.123. The Balaban J connectivity index is 1.66. The number of nitrogens with zero attached hydrogens (tertiary/aromatic N) is 2. The molecule has 1 fully saturated rings. The molecule has 0 radical (unpaired) electrons. The van der Waals surface area contributed by atoms with E-state index >= 15 is 0 Å². The van der Waals surface area contributed by atoms with Gasteiger partial charge in [-0.3, -0.25) is 9.69 Å². The van der Waals surface area contributed by atoms with E-state index in [1.54, 1.807) is 24.3 Å². The summed E-state index contributed by atoms with van der Waals surface area (Å²) < 4.78 is 17.0. The van der Waals surface area contributed by atoms with E-state index in [2.05, 4.69) is 25.8 Å². The summed E-state index contributed by atoms with van der Waals surface area (Å²) in [5, 5.41) is 2.61. The number of rotatable bonds is 4. The van der Waals surface area contributed by atoms with Gasteiger partial charge in [-0.05, 0) is 65.7 Å². The van der Waals surface area contributed by atoms with Gasteiger partial charge in [-0.2, -0.15) is 0 Å². The number of aromatic nitrogens is 1.